The summed E-state index contributed by atoms with van der Waals surface area (Å²) in [6.45, 7) is 0. The van der Waals surface area contributed by atoms with Gasteiger partial charge in [-0.05, 0) is 31.0 Å². The summed E-state index contributed by atoms with van der Waals surface area (Å²) in [4.78, 5) is 16.5. The number of nitrogen functional groups attached to an aromatic ring is 1. The van der Waals surface area contributed by atoms with Crippen LogP contribution in [-0.4, -0.2) is 16.9 Å². The first-order valence-electron chi connectivity index (χ1n) is 8.01. The van der Waals surface area contributed by atoms with Crippen LogP contribution in [0, 0.1) is 0 Å². The minimum Gasteiger partial charge on any atom is -0.457 e. The first-order chi connectivity index (χ1) is 11.2. The summed E-state index contributed by atoms with van der Waals surface area (Å²) in [7, 11) is 0. The summed E-state index contributed by atoms with van der Waals surface area (Å²) < 4.78 is 5.74. The van der Waals surface area contributed by atoms with Crippen molar-refractivity contribution in [3.63, 3.8) is 0 Å². The van der Waals surface area contributed by atoms with Gasteiger partial charge in [0.05, 0.1) is 0 Å². The third kappa shape index (κ3) is 4.22. The Morgan fingerprint density at radius 2 is 1.91 bits per heavy atom. The van der Waals surface area contributed by atoms with Gasteiger partial charge in [0.25, 0.3) is 5.91 Å². The molecule has 0 bridgehead atoms. The molecule has 0 spiro atoms. The van der Waals surface area contributed by atoms with Crippen LogP contribution < -0.4 is 15.8 Å². The Morgan fingerprint density at radius 1 is 1.13 bits per heavy atom. The number of carbonyl (C=O) groups is 1. The number of rotatable bonds is 4. The van der Waals surface area contributed by atoms with E-state index in [0.717, 1.165) is 12.8 Å². The minimum absolute atomic E-state index is 0.144. The average Bonchev–Trinajstić information content (AvgIpc) is 2.56. The number of anilines is 1. The topological polar surface area (TPSA) is 77.2 Å². The maximum absolute atomic E-state index is 12.3. The molecule has 5 heteroatoms. The highest BCUT2D eigenvalue weighted by atomic mass is 16.5. The molecule has 0 saturated heterocycles. The quantitative estimate of drug-likeness (QED) is 0.847. The van der Waals surface area contributed by atoms with E-state index >= 15 is 0 Å². The number of carbonyl (C=O) groups excluding carboxylic acids is 1. The van der Waals surface area contributed by atoms with E-state index in [0.29, 0.717) is 22.9 Å². The number of hydrogen-bond donors (Lipinski definition) is 2. The summed E-state index contributed by atoms with van der Waals surface area (Å²) in [6, 6.07) is 10.8. The van der Waals surface area contributed by atoms with Gasteiger partial charge in [-0.3, -0.25) is 9.78 Å². The van der Waals surface area contributed by atoms with Crippen LogP contribution in [0.4, 0.5) is 5.69 Å². The average molecular weight is 311 g/mol. The van der Waals surface area contributed by atoms with E-state index in [1.165, 1.54) is 19.3 Å². The van der Waals surface area contributed by atoms with Crippen LogP contribution in [0.15, 0.2) is 42.6 Å². The summed E-state index contributed by atoms with van der Waals surface area (Å²) >= 11 is 0. The Bertz CT molecular complexity index is 681. The number of nitrogens with zero attached hydrogens (tertiary/aromatic N) is 1. The first kappa shape index (κ1) is 15.3. The Hall–Kier alpha value is -2.56. The fraction of sp³-hybridized carbons (Fsp3) is 0.333. The lowest BCUT2D eigenvalue weighted by Crippen LogP contribution is -2.36. The zero-order valence-electron chi connectivity index (χ0n) is 13.0. The monoisotopic (exact) mass is 311 g/mol. The molecular weight excluding hydrogens is 290 g/mol. The molecule has 1 fully saturated rings. The summed E-state index contributed by atoms with van der Waals surface area (Å²) in [6.07, 6.45) is 7.29. The Morgan fingerprint density at radius 3 is 2.70 bits per heavy atom. The van der Waals surface area contributed by atoms with Crippen LogP contribution >= 0.6 is 0 Å². The zero-order chi connectivity index (χ0) is 16.1. The molecule has 120 valence electrons. The zero-order valence-corrected chi connectivity index (χ0v) is 13.0. The molecule has 5 nitrogen and oxygen atoms in total. The largest absolute Gasteiger partial charge is 0.457 e. The van der Waals surface area contributed by atoms with Gasteiger partial charge < -0.3 is 15.8 Å². The Balaban J connectivity index is 1.67. The summed E-state index contributed by atoms with van der Waals surface area (Å²) in [5.74, 6) is 1.06. The molecule has 3 rings (SSSR count). The van der Waals surface area contributed by atoms with Crippen LogP contribution in [0.5, 0.6) is 11.5 Å². The van der Waals surface area contributed by atoms with Crippen molar-refractivity contribution in [2.75, 3.05) is 5.73 Å². The fourth-order valence-corrected chi connectivity index (χ4v) is 2.82. The van der Waals surface area contributed by atoms with Crippen molar-refractivity contribution in [1.29, 1.82) is 0 Å². The Labute approximate surface area is 135 Å². The van der Waals surface area contributed by atoms with Crippen LogP contribution in [0.3, 0.4) is 0 Å². The molecule has 1 aromatic carbocycles. The lowest BCUT2D eigenvalue weighted by atomic mass is 9.95. The van der Waals surface area contributed by atoms with Gasteiger partial charge in [0.15, 0.2) is 0 Å². The third-order valence-corrected chi connectivity index (χ3v) is 4.00. The maximum Gasteiger partial charge on any atom is 0.270 e. The molecule has 1 saturated carbocycles. The third-order valence-electron chi connectivity index (χ3n) is 4.00. The molecule has 1 aliphatic carbocycles. The molecule has 0 atom stereocenters. The maximum atomic E-state index is 12.3. The van der Waals surface area contributed by atoms with Gasteiger partial charge in [-0.25, -0.2) is 0 Å². The van der Waals surface area contributed by atoms with E-state index in [9.17, 15) is 4.79 Å². The van der Waals surface area contributed by atoms with Gasteiger partial charge in [-0.1, -0.05) is 25.3 Å². The lowest BCUT2D eigenvalue weighted by molar-refractivity contribution is 0.0922. The van der Waals surface area contributed by atoms with Crippen molar-refractivity contribution in [2.45, 2.75) is 38.1 Å². The van der Waals surface area contributed by atoms with Crippen molar-refractivity contribution in [3.05, 3.63) is 48.3 Å². The van der Waals surface area contributed by atoms with Gasteiger partial charge in [-0.15, -0.1) is 0 Å². The van der Waals surface area contributed by atoms with E-state index < -0.39 is 0 Å². The molecule has 1 heterocycles. The van der Waals surface area contributed by atoms with Crippen LogP contribution in [0.1, 0.15) is 42.6 Å². The van der Waals surface area contributed by atoms with Gasteiger partial charge >= 0.3 is 0 Å². The molecule has 0 unspecified atom stereocenters. The van der Waals surface area contributed by atoms with E-state index in [-0.39, 0.29) is 11.9 Å². The van der Waals surface area contributed by atoms with Crippen molar-refractivity contribution < 1.29 is 9.53 Å². The second-order valence-electron chi connectivity index (χ2n) is 5.86. The van der Waals surface area contributed by atoms with Crippen molar-refractivity contribution in [1.82, 2.24) is 10.3 Å². The smallest absolute Gasteiger partial charge is 0.270 e. The molecule has 2 aromatic rings. The predicted molar refractivity (Wildman–Crippen MR) is 89.5 cm³/mol. The van der Waals surface area contributed by atoms with Crippen LogP contribution in [-0.2, 0) is 0 Å². The Kier molecular flexibility index (Phi) is 4.76. The highest BCUT2D eigenvalue weighted by Crippen LogP contribution is 2.23. The normalized spacial score (nSPS) is 15.1. The fourth-order valence-electron chi connectivity index (χ4n) is 2.82. The highest BCUT2D eigenvalue weighted by Gasteiger charge is 2.17. The number of nitrogens with two attached hydrogens (primary N) is 1. The van der Waals surface area contributed by atoms with Crippen LogP contribution in [0.2, 0.25) is 0 Å². The molecule has 23 heavy (non-hydrogen) atoms. The van der Waals surface area contributed by atoms with Crippen molar-refractivity contribution >= 4 is 11.6 Å². The number of aromatic nitrogens is 1. The van der Waals surface area contributed by atoms with Gasteiger partial charge in [0.2, 0.25) is 0 Å². The van der Waals surface area contributed by atoms with E-state index in [1.807, 2.05) is 12.1 Å². The molecule has 3 N–H and O–H groups in total. The van der Waals surface area contributed by atoms with E-state index in [4.69, 9.17) is 10.5 Å². The highest BCUT2D eigenvalue weighted by molar-refractivity contribution is 5.92. The first-order valence-corrected chi connectivity index (χ1v) is 8.01. The summed E-state index contributed by atoms with van der Waals surface area (Å²) in [5, 5.41) is 3.06. The second-order valence-corrected chi connectivity index (χ2v) is 5.86. The molecule has 0 radical (unpaired) electrons. The van der Waals surface area contributed by atoms with Crippen molar-refractivity contribution in [3.8, 4) is 11.5 Å². The SMILES string of the molecule is Nc1cccc(Oc2ccnc(C(=O)NC3CCCCC3)c2)c1. The molecule has 1 aromatic heterocycles. The van der Waals surface area contributed by atoms with E-state index in [2.05, 4.69) is 10.3 Å². The molecule has 0 aliphatic heterocycles. The number of benzene rings is 1. The van der Waals surface area contributed by atoms with Gasteiger partial charge in [-0.2, -0.15) is 0 Å². The van der Waals surface area contributed by atoms with Gasteiger partial charge in [0, 0.05) is 30.1 Å². The number of ether oxygens (including phenoxy) is 1. The number of pyridine rings is 1. The second kappa shape index (κ2) is 7.13. The predicted octanol–water partition coefficient (Wildman–Crippen LogP) is 3.52. The number of nitrogens with one attached hydrogen (secondary N) is 1. The number of hydrogen-bond acceptors (Lipinski definition) is 4. The lowest BCUT2D eigenvalue weighted by Gasteiger charge is -2.22. The van der Waals surface area contributed by atoms with Crippen molar-refractivity contribution in [2.24, 2.45) is 0 Å². The summed E-state index contributed by atoms with van der Waals surface area (Å²) in [5.41, 5.74) is 6.74. The van der Waals surface area contributed by atoms with Crippen LogP contribution in [0.25, 0.3) is 0 Å². The standard InChI is InChI=1S/C18H21N3O2/c19-13-5-4-8-15(11-13)23-16-9-10-20-17(12-16)18(22)21-14-6-2-1-3-7-14/h4-5,8-12,14H,1-3,6-7,19H2,(H,21,22). The van der Waals surface area contributed by atoms with E-state index in [1.54, 1.807) is 30.5 Å². The number of amides is 1. The minimum atomic E-state index is -0.144. The molecule has 1 aliphatic rings. The molecule has 1 amide bonds. The van der Waals surface area contributed by atoms with Gasteiger partial charge in [0.1, 0.15) is 17.2 Å². The molecular formula is C18H21N3O2.